The Hall–Kier alpha value is -2.28. The summed E-state index contributed by atoms with van der Waals surface area (Å²) in [5, 5.41) is 6.66. The van der Waals surface area contributed by atoms with Crippen molar-refractivity contribution in [2.24, 2.45) is 0 Å². The summed E-state index contributed by atoms with van der Waals surface area (Å²) in [5.74, 6) is -0.300. The number of carbonyl (C=O) groups is 2. The van der Waals surface area contributed by atoms with Gasteiger partial charge in [0, 0.05) is 19.6 Å². The molecule has 2 aromatic rings. The van der Waals surface area contributed by atoms with Crippen molar-refractivity contribution in [3.8, 4) is 0 Å². The molecule has 1 heterocycles. The average molecular weight is 425 g/mol. The molecular weight excluding hydrogens is 403 g/mol. The minimum atomic E-state index is -0.485. The number of amides is 1. The first kappa shape index (κ1) is 22.0. The van der Waals surface area contributed by atoms with Crippen LogP contribution in [-0.4, -0.2) is 31.8 Å². The van der Waals surface area contributed by atoms with Crippen LogP contribution in [0.15, 0.2) is 36.4 Å². The molecule has 0 unspecified atom stereocenters. The highest BCUT2D eigenvalue weighted by Crippen LogP contribution is 2.36. The summed E-state index contributed by atoms with van der Waals surface area (Å²) in [6, 6.07) is 10.6. The molecule has 0 bridgehead atoms. The molecule has 1 aliphatic rings. The van der Waals surface area contributed by atoms with E-state index in [4.69, 9.17) is 32.7 Å². The number of benzene rings is 2. The summed E-state index contributed by atoms with van der Waals surface area (Å²) in [6.07, 6.45) is 0.736. The third-order valence-electron chi connectivity index (χ3n) is 3.84. The first-order valence-corrected chi connectivity index (χ1v) is 9.51. The number of nitrogens with one attached hydrogen (secondary N) is 2. The van der Waals surface area contributed by atoms with Gasteiger partial charge in [0.2, 0.25) is 5.91 Å². The number of ether oxygens (including phenoxy) is 2. The lowest BCUT2D eigenvalue weighted by molar-refractivity contribution is -0.125. The van der Waals surface area contributed by atoms with E-state index in [-0.39, 0.29) is 12.7 Å². The summed E-state index contributed by atoms with van der Waals surface area (Å²) in [6.45, 7) is 4.98. The fraction of sp³-hybridized carbons (Fsp3) is 0.300. The number of carbonyl (C=O) groups excluding carboxylic acids is 2. The number of aryl methyl sites for hydroxylation is 1. The SMILES string of the molecule is CCOCOC(=O)c1ccccc1Nc1c(Cl)ccc(C)c1Cl.O=C1CCN1. The van der Waals surface area contributed by atoms with Gasteiger partial charge in [-0.1, -0.05) is 41.4 Å². The number of hydrogen-bond donors (Lipinski definition) is 2. The van der Waals surface area contributed by atoms with Crippen molar-refractivity contribution >= 4 is 46.5 Å². The van der Waals surface area contributed by atoms with E-state index in [1.165, 1.54) is 0 Å². The standard InChI is InChI=1S/C17H17Cl2NO3.C3H5NO/c1-3-22-10-23-17(21)12-6-4-5-7-14(12)20-16-13(18)9-8-11(2)15(16)19;5-3-1-2-4-3/h4-9,20H,3,10H2,1-2H3;1-2H2,(H,4,5). The van der Waals surface area contributed by atoms with Crippen LogP contribution in [0.3, 0.4) is 0 Å². The topological polar surface area (TPSA) is 76.7 Å². The Kier molecular flexibility index (Phi) is 8.57. The van der Waals surface area contributed by atoms with Crippen LogP contribution in [0.5, 0.6) is 0 Å². The predicted octanol–water partition coefficient (Wildman–Crippen LogP) is 4.70. The molecule has 0 aliphatic carbocycles. The van der Waals surface area contributed by atoms with E-state index in [9.17, 15) is 9.59 Å². The smallest absolute Gasteiger partial charge is 0.342 e. The molecule has 6 nitrogen and oxygen atoms in total. The zero-order valence-corrected chi connectivity index (χ0v) is 17.2. The van der Waals surface area contributed by atoms with Gasteiger partial charge >= 0.3 is 5.97 Å². The van der Waals surface area contributed by atoms with Crippen LogP contribution in [0.1, 0.15) is 29.3 Å². The van der Waals surface area contributed by atoms with Gasteiger partial charge in [0.1, 0.15) is 0 Å². The van der Waals surface area contributed by atoms with Crippen molar-refractivity contribution in [3.05, 3.63) is 57.6 Å². The van der Waals surface area contributed by atoms with E-state index in [1.54, 1.807) is 30.3 Å². The van der Waals surface area contributed by atoms with Gasteiger partial charge in [-0.25, -0.2) is 4.79 Å². The van der Waals surface area contributed by atoms with Crippen LogP contribution in [0.4, 0.5) is 11.4 Å². The summed E-state index contributed by atoms with van der Waals surface area (Å²) in [7, 11) is 0. The Morgan fingerprint density at radius 3 is 2.50 bits per heavy atom. The molecule has 150 valence electrons. The fourth-order valence-corrected chi connectivity index (χ4v) is 2.62. The molecule has 1 aliphatic heterocycles. The minimum Gasteiger partial charge on any atom is -0.435 e. The monoisotopic (exact) mass is 424 g/mol. The van der Waals surface area contributed by atoms with Crippen molar-refractivity contribution in [2.75, 3.05) is 25.3 Å². The predicted molar refractivity (Wildman–Crippen MR) is 110 cm³/mol. The number of para-hydroxylation sites is 1. The van der Waals surface area contributed by atoms with Crippen molar-refractivity contribution < 1.29 is 19.1 Å². The van der Waals surface area contributed by atoms with E-state index in [2.05, 4.69) is 10.6 Å². The molecule has 0 saturated carbocycles. The molecule has 1 fully saturated rings. The number of esters is 1. The molecule has 1 amide bonds. The lowest BCUT2D eigenvalue weighted by Crippen LogP contribution is -2.37. The van der Waals surface area contributed by atoms with Crippen LogP contribution in [-0.2, 0) is 14.3 Å². The number of anilines is 2. The molecule has 1 saturated heterocycles. The number of halogens is 2. The Morgan fingerprint density at radius 2 is 1.89 bits per heavy atom. The number of hydrogen-bond acceptors (Lipinski definition) is 5. The quantitative estimate of drug-likeness (QED) is 0.304. The Balaban J connectivity index is 0.000000485. The molecule has 0 aromatic heterocycles. The molecule has 3 rings (SSSR count). The first-order valence-electron chi connectivity index (χ1n) is 8.76. The largest absolute Gasteiger partial charge is 0.435 e. The zero-order valence-electron chi connectivity index (χ0n) is 15.7. The van der Waals surface area contributed by atoms with Gasteiger partial charge in [0.05, 0.1) is 27.0 Å². The maximum Gasteiger partial charge on any atom is 0.342 e. The van der Waals surface area contributed by atoms with E-state index >= 15 is 0 Å². The Labute approximate surface area is 174 Å². The number of rotatable bonds is 6. The highest BCUT2D eigenvalue weighted by atomic mass is 35.5. The van der Waals surface area contributed by atoms with E-state index in [0.717, 1.165) is 18.5 Å². The fourth-order valence-electron chi connectivity index (χ4n) is 2.16. The second-order valence-corrected chi connectivity index (χ2v) is 6.65. The summed E-state index contributed by atoms with van der Waals surface area (Å²) in [4.78, 5) is 21.9. The van der Waals surface area contributed by atoms with Crippen molar-refractivity contribution in [3.63, 3.8) is 0 Å². The third-order valence-corrected chi connectivity index (χ3v) is 4.64. The zero-order chi connectivity index (χ0) is 20.5. The van der Waals surface area contributed by atoms with Gasteiger partial charge in [0.15, 0.2) is 6.79 Å². The van der Waals surface area contributed by atoms with Gasteiger partial charge < -0.3 is 20.1 Å². The summed E-state index contributed by atoms with van der Waals surface area (Å²) in [5.41, 5.74) is 2.37. The van der Waals surface area contributed by atoms with E-state index in [1.807, 2.05) is 19.9 Å². The normalized spacial score (nSPS) is 12.2. The van der Waals surface area contributed by atoms with Crippen molar-refractivity contribution in [1.82, 2.24) is 5.32 Å². The van der Waals surface area contributed by atoms with Gasteiger partial charge in [0.25, 0.3) is 0 Å². The second-order valence-electron chi connectivity index (χ2n) is 5.87. The van der Waals surface area contributed by atoms with Crippen LogP contribution in [0.25, 0.3) is 0 Å². The van der Waals surface area contributed by atoms with Gasteiger partial charge in [-0.15, -0.1) is 0 Å². The molecule has 0 atom stereocenters. The van der Waals surface area contributed by atoms with Crippen LogP contribution in [0.2, 0.25) is 10.0 Å². The Morgan fingerprint density at radius 1 is 1.21 bits per heavy atom. The molecule has 0 radical (unpaired) electrons. The maximum atomic E-state index is 12.2. The molecule has 28 heavy (non-hydrogen) atoms. The van der Waals surface area contributed by atoms with Gasteiger partial charge in [-0.05, 0) is 37.6 Å². The lowest BCUT2D eigenvalue weighted by Gasteiger charge is -2.15. The highest BCUT2D eigenvalue weighted by molar-refractivity contribution is 6.39. The van der Waals surface area contributed by atoms with Crippen molar-refractivity contribution in [2.45, 2.75) is 20.3 Å². The van der Waals surface area contributed by atoms with E-state index in [0.29, 0.717) is 33.6 Å². The Bertz CT molecular complexity index is 837. The molecule has 0 spiro atoms. The molecule has 2 N–H and O–H groups in total. The number of β-lactam (4-membered cyclic amide) rings is 1. The third kappa shape index (κ3) is 6.12. The van der Waals surface area contributed by atoms with Crippen molar-refractivity contribution in [1.29, 1.82) is 0 Å². The summed E-state index contributed by atoms with van der Waals surface area (Å²) >= 11 is 12.5. The maximum absolute atomic E-state index is 12.2. The molecular formula is C20H22Cl2N2O4. The van der Waals surface area contributed by atoms with Crippen LogP contribution in [0, 0.1) is 6.92 Å². The highest BCUT2D eigenvalue weighted by Gasteiger charge is 2.15. The summed E-state index contributed by atoms with van der Waals surface area (Å²) < 4.78 is 10.1. The molecule has 8 heteroatoms. The van der Waals surface area contributed by atoms with Crippen LogP contribution >= 0.6 is 23.2 Å². The average Bonchev–Trinajstić information content (AvgIpc) is 2.67. The lowest BCUT2D eigenvalue weighted by atomic mass is 10.1. The first-order chi connectivity index (χ1) is 13.4. The minimum absolute atomic E-state index is 0.0877. The van der Waals surface area contributed by atoms with E-state index < -0.39 is 5.97 Å². The van der Waals surface area contributed by atoms with Gasteiger partial charge in [-0.3, -0.25) is 4.79 Å². The van der Waals surface area contributed by atoms with Crippen LogP contribution < -0.4 is 10.6 Å². The second kappa shape index (κ2) is 10.9. The molecule has 2 aromatic carbocycles. The van der Waals surface area contributed by atoms with Gasteiger partial charge in [-0.2, -0.15) is 0 Å².